The van der Waals surface area contributed by atoms with Gasteiger partial charge in [0.25, 0.3) is 0 Å². The molecule has 0 aliphatic carbocycles. The van der Waals surface area contributed by atoms with Gasteiger partial charge in [0, 0.05) is 37.4 Å². The number of Topliss-reactive ketones (excluding diaryl/α,β-unsaturated/α-hetero) is 2. The third-order valence-corrected chi connectivity index (χ3v) is 7.92. The van der Waals surface area contributed by atoms with Gasteiger partial charge in [-0.3, -0.25) is 14.5 Å². The Morgan fingerprint density at radius 1 is 1.11 bits per heavy atom. The van der Waals surface area contributed by atoms with Crippen LogP contribution < -0.4 is 19.3 Å². The summed E-state index contributed by atoms with van der Waals surface area (Å²) in [6.07, 6.45) is 1.25. The third kappa shape index (κ3) is 4.89. The Labute approximate surface area is 214 Å². The van der Waals surface area contributed by atoms with Crippen molar-refractivity contribution in [3.63, 3.8) is 0 Å². The number of aromatic nitrogens is 1. The van der Waals surface area contributed by atoms with E-state index >= 15 is 0 Å². The zero-order valence-electron chi connectivity index (χ0n) is 20.5. The average molecular weight is 526 g/mol. The summed E-state index contributed by atoms with van der Waals surface area (Å²) in [5.41, 5.74) is 0.498. The molecule has 1 aromatic heterocycles. The Morgan fingerprint density at radius 2 is 1.86 bits per heavy atom. The molecule has 0 saturated carbocycles. The molecule has 2 aliphatic heterocycles. The van der Waals surface area contributed by atoms with Crippen LogP contribution in [0.25, 0.3) is 10.9 Å². The van der Waals surface area contributed by atoms with Crippen molar-refractivity contribution in [3.8, 4) is 17.2 Å². The van der Waals surface area contributed by atoms with Gasteiger partial charge in [0.05, 0.1) is 43.2 Å². The van der Waals surface area contributed by atoms with Gasteiger partial charge in [0.15, 0.2) is 11.6 Å². The second-order valence-electron chi connectivity index (χ2n) is 9.38. The van der Waals surface area contributed by atoms with Crippen molar-refractivity contribution in [3.05, 3.63) is 53.7 Å². The highest BCUT2D eigenvalue weighted by Crippen LogP contribution is 2.40. The molecule has 0 bridgehead atoms. The van der Waals surface area contributed by atoms with Crippen LogP contribution in [0.15, 0.2) is 47.4 Å². The molecule has 1 fully saturated rings. The topological polar surface area (TPSA) is 138 Å². The number of ether oxygens (including phenoxy) is 3. The summed E-state index contributed by atoms with van der Waals surface area (Å²) in [6, 6.07) is 11.1. The normalized spacial score (nSPS) is 17.3. The van der Waals surface area contributed by atoms with Crippen LogP contribution in [0.5, 0.6) is 17.2 Å². The average Bonchev–Trinajstić information content (AvgIpc) is 2.88. The predicted octanol–water partition coefficient (Wildman–Crippen LogP) is 2.58. The van der Waals surface area contributed by atoms with E-state index in [-0.39, 0.29) is 35.0 Å². The Bertz CT molecular complexity index is 1510. The smallest absolute Gasteiger partial charge is 0.238 e. The lowest BCUT2D eigenvalue weighted by atomic mass is 9.82. The van der Waals surface area contributed by atoms with Gasteiger partial charge in [-0.25, -0.2) is 18.5 Å². The lowest BCUT2D eigenvalue weighted by Gasteiger charge is -2.43. The summed E-state index contributed by atoms with van der Waals surface area (Å²) in [5.74, 6) is 1.26. The molecule has 1 saturated heterocycles. The minimum atomic E-state index is -3.92. The lowest BCUT2D eigenvalue weighted by molar-refractivity contribution is -0.00810. The molecular formula is C26H27N3O7S. The minimum Gasteiger partial charge on any atom is -0.497 e. The maximum Gasteiger partial charge on any atom is 0.238 e. The molecule has 37 heavy (non-hydrogen) atoms. The number of nitrogens with zero attached hydrogens (tertiary/aromatic N) is 2. The van der Waals surface area contributed by atoms with Crippen LogP contribution in [-0.4, -0.2) is 69.3 Å². The summed E-state index contributed by atoms with van der Waals surface area (Å²) in [6.45, 7) is 1.30. The number of carbonyl (C=O) groups excluding carboxylic acids is 2. The van der Waals surface area contributed by atoms with Gasteiger partial charge in [-0.15, -0.1) is 0 Å². The number of benzene rings is 2. The van der Waals surface area contributed by atoms with Crippen molar-refractivity contribution < 1.29 is 32.2 Å². The molecule has 3 heterocycles. The highest BCUT2D eigenvalue weighted by molar-refractivity contribution is 7.89. The van der Waals surface area contributed by atoms with Crippen LogP contribution >= 0.6 is 0 Å². The standard InChI is InChI=1S/C26H27N3O7S/c1-34-16-3-5-20-18(11-16)25(35-2)13-21(28-20)23(31)15-29-9-7-26(8-10-29)14-22(30)19-12-17(37(27,32)33)4-6-24(19)36-26/h3-6,11-13H,7-10,14-15H2,1-2H3,(H2,27,32,33). The first-order chi connectivity index (χ1) is 17.6. The van der Waals surface area contributed by atoms with Crippen LogP contribution in [0.1, 0.15) is 40.1 Å². The summed E-state index contributed by atoms with van der Waals surface area (Å²) in [5, 5.41) is 5.95. The van der Waals surface area contributed by atoms with Gasteiger partial charge in [-0.05, 0) is 36.4 Å². The lowest BCUT2D eigenvalue weighted by Crippen LogP contribution is -2.51. The SMILES string of the molecule is COc1ccc2nc(C(=O)CN3CCC4(CC3)CC(=O)c3cc(S(N)(=O)=O)ccc3O4)cc(OC)c2c1. The van der Waals surface area contributed by atoms with Crippen molar-refractivity contribution in [2.45, 2.75) is 29.8 Å². The number of piperidine rings is 1. The summed E-state index contributed by atoms with van der Waals surface area (Å²) in [4.78, 5) is 32.4. The summed E-state index contributed by atoms with van der Waals surface area (Å²) < 4.78 is 40.3. The minimum absolute atomic E-state index is 0.120. The maximum atomic E-state index is 13.1. The number of hydrogen-bond acceptors (Lipinski definition) is 9. The molecule has 0 radical (unpaired) electrons. The van der Waals surface area contributed by atoms with Crippen LogP contribution in [-0.2, 0) is 10.0 Å². The van der Waals surface area contributed by atoms with Gasteiger partial charge in [0.2, 0.25) is 10.0 Å². The van der Waals surface area contributed by atoms with E-state index in [1.54, 1.807) is 32.4 Å². The van der Waals surface area contributed by atoms with Crippen LogP contribution in [0.4, 0.5) is 0 Å². The van der Waals surface area contributed by atoms with E-state index in [2.05, 4.69) is 4.98 Å². The van der Waals surface area contributed by atoms with E-state index in [0.29, 0.717) is 54.4 Å². The van der Waals surface area contributed by atoms with Crippen molar-refractivity contribution >= 4 is 32.5 Å². The predicted molar refractivity (Wildman–Crippen MR) is 135 cm³/mol. The van der Waals surface area contributed by atoms with Gasteiger partial charge in [0.1, 0.15) is 28.5 Å². The van der Waals surface area contributed by atoms with Crippen molar-refractivity contribution in [2.24, 2.45) is 5.14 Å². The van der Waals surface area contributed by atoms with Crippen LogP contribution in [0.3, 0.4) is 0 Å². The van der Waals surface area contributed by atoms with Gasteiger partial charge in [-0.2, -0.15) is 0 Å². The van der Waals surface area contributed by atoms with E-state index < -0.39 is 15.6 Å². The first-order valence-corrected chi connectivity index (χ1v) is 13.3. The molecule has 3 aromatic rings. The molecule has 194 valence electrons. The van der Waals surface area contributed by atoms with Crippen molar-refractivity contribution in [2.75, 3.05) is 33.9 Å². The van der Waals surface area contributed by atoms with Gasteiger partial charge in [-0.1, -0.05) is 0 Å². The van der Waals surface area contributed by atoms with E-state index in [1.807, 2.05) is 11.0 Å². The van der Waals surface area contributed by atoms with E-state index in [9.17, 15) is 18.0 Å². The number of likely N-dealkylation sites (tertiary alicyclic amines) is 1. The zero-order chi connectivity index (χ0) is 26.4. The fourth-order valence-corrected chi connectivity index (χ4v) is 5.48. The Kier molecular flexibility index (Phi) is 6.38. The second-order valence-corrected chi connectivity index (χ2v) is 10.9. The summed E-state index contributed by atoms with van der Waals surface area (Å²) >= 11 is 0. The summed E-state index contributed by atoms with van der Waals surface area (Å²) in [7, 11) is -0.790. The molecule has 5 rings (SSSR count). The number of ketones is 2. The number of hydrogen-bond donors (Lipinski definition) is 1. The molecule has 1 spiro atoms. The number of rotatable bonds is 6. The zero-order valence-corrected chi connectivity index (χ0v) is 21.3. The number of carbonyl (C=O) groups is 2. The van der Waals surface area contributed by atoms with E-state index in [1.165, 1.54) is 18.2 Å². The first-order valence-electron chi connectivity index (χ1n) is 11.8. The number of methoxy groups -OCH3 is 2. The highest BCUT2D eigenvalue weighted by Gasteiger charge is 2.43. The Balaban J connectivity index is 1.28. The highest BCUT2D eigenvalue weighted by atomic mass is 32.2. The molecule has 0 unspecified atom stereocenters. The largest absolute Gasteiger partial charge is 0.497 e. The number of primary sulfonamides is 1. The molecular weight excluding hydrogens is 498 g/mol. The monoisotopic (exact) mass is 525 g/mol. The van der Waals surface area contributed by atoms with Gasteiger partial charge >= 0.3 is 0 Å². The fraction of sp³-hybridized carbons (Fsp3) is 0.346. The van der Waals surface area contributed by atoms with Crippen molar-refractivity contribution in [1.29, 1.82) is 0 Å². The number of nitrogens with two attached hydrogens (primary N) is 1. The Morgan fingerprint density at radius 3 is 2.54 bits per heavy atom. The van der Waals surface area contributed by atoms with E-state index in [4.69, 9.17) is 19.3 Å². The van der Waals surface area contributed by atoms with Gasteiger partial charge < -0.3 is 14.2 Å². The van der Waals surface area contributed by atoms with Crippen LogP contribution in [0, 0.1) is 0 Å². The molecule has 10 nitrogen and oxygen atoms in total. The molecule has 0 amide bonds. The van der Waals surface area contributed by atoms with Crippen molar-refractivity contribution in [1.82, 2.24) is 9.88 Å². The quantitative estimate of drug-likeness (QED) is 0.481. The maximum absolute atomic E-state index is 13.1. The second kappa shape index (κ2) is 9.40. The Hall–Kier alpha value is -3.54. The molecule has 0 atom stereocenters. The third-order valence-electron chi connectivity index (χ3n) is 7.01. The van der Waals surface area contributed by atoms with E-state index in [0.717, 1.165) is 5.39 Å². The first kappa shape index (κ1) is 25.1. The number of fused-ring (bicyclic) bond motifs is 2. The number of sulfonamides is 1. The molecule has 2 aliphatic rings. The molecule has 2 aromatic carbocycles. The number of pyridine rings is 1. The molecule has 11 heteroatoms. The molecule has 2 N–H and O–H groups in total. The fourth-order valence-electron chi connectivity index (χ4n) is 4.94. The van der Waals surface area contributed by atoms with Crippen LogP contribution in [0.2, 0.25) is 0 Å².